The molecule has 0 radical (unpaired) electrons. The number of aliphatic carboxylic acids is 1. The minimum absolute atomic E-state index is 0.0886. The number of nitrogens with zero attached hydrogens (tertiary/aromatic N) is 2. The molecule has 1 amide bonds. The zero-order valence-corrected chi connectivity index (χ0v) is 9.87. The third kappa shape index (κ3) is 3.03. The van der Waals surface area contributed by atoms with Crippen LogP contribution in [0.3, 0.4) is 0 Å². The molecule has 96 valence electrons. The number of nitrogens with one attached hydrogen (secondary N) is 1. The number of hydrogen-bond acceptors (Lipinski definition) is 4. The largest absolute Gasteiger partial charge is 0.481 e. The van der Waals surface area contributed by atoms with E-state index in [4.69, 9.17) is 5.11 Å². The Morgan fingerprint density at radius 2 is 2.22 bits per heavy atom. The Hall–Kier alpha value is -1.98. The highest BCUT2D eigenvalue weighted by atomic mass is 16.4. The highest BCUT2D eigenvalue weighted by Gasteiger charge is 2.28. The number of rotatable bonds is 3. The van der Waals surface area contributed by atoms with Crippen LogP contribution in [-0.4, -0.2) is 33.2 Å². The first kappa shape index (κ1) is 12.5. The summed E-state index contributed by atoms with van der Waals surface area (Å²) in [5.74, 6) is -1.43. The minimum Gasteiger partial charge on any atom is -0.481 e. The molecular formula is C12H15N3O3. The zero-order valence-electron chi connectivity index (χ0n) is 9.87. The molecule has 0 aromatic carbocycles. The number of amides is 1. The minimum atomic E-state index is -0.784. The topological polar surface area (TPSA) is 92.2 Å². The van der Waals surface area contributed by atoms with Crippen LogP contribution in [-0.2, 0) is 4.79 Å². The predicted molar refractivity (Wildman–Crippen MR) is 62.9 cm³/mol. The summed E-state index contributed by atoms with van der Waals surface area (Å²) in [5, 5.41) is 19.1. The Labute approximate surface area is 104 Å². The Kier molecular flexibility index (Phi) is 3.86. The molecular weight excluding hydrogens is 234 g/mol. The maximum absolute atomic E-state index is 11.8. The fourth-order valence-corrected chi connectivity index (χ4v) is 2.23. The van der Waals surface area contributed by atoms with Crippen molar-refractivity contribution >= 4 is 11.9 Å². The zero-order chi connectivity index (χ0) is 13.0. The summed E-state index contributed by atoms with van der Waals surface area (Å²) >= 11 is 0. The Balaban J connectivity index is 1.93. The quantitative estimate of drug-likeness (QED) is 0.828. The molecule has 6 heteroatoms. The first-order chi connectivity index (χ1) is 8.66. The molecule has 0 spiro atoms. The summed E-state index contributed by atoms with van der Waals surface area (Å²) in [4.78, 5) is 22.7. The summed E-state index contributed by atoms with van der Waals surface area (Å²) in [6.45, 7) is 0. The van der Waals surface area contributed by atoms with Gasteiger partial charge >= 0.3 is 5.97 Å². The fourth-order valence-electron chi connectivity index (χ4n) is 2.23. The van der Waals surface area contributed by atoms with Gasteiger partial charge in [-0.05, 0) is 31.4 Å². The summed E-state index contributed by atoms with van der Waals surface area (Å²) in [7, 11) is 0. The van der Waals surface area contributed by atoms with Gasteiger partial charge in [-0.3, -0.25) is 9.59 Å². The number of carboxylic acids is 1. The summed E-state index contributed by atoms with van der Waals surface area (Å²) in [5.41, 5.74) is 0.259. The van der Waals surface area contributed by atoms with Crippen LogP contribution < -0.4 is 5.32 Å². The van der Waals surface area contributed by atoms with Gasteiger partial charge in [-0.25, -0.2) is 0 Å². The van der Waals surface area contributed by atoms with Crippen molar-refractivity contribution in [3.63, 3.8) is 0 Å². The lowest BCUT2D eigenvalue weighted by Crippen LogP contribution is -2.40. The van der Waals surface area contributed by atoms with E-state index in [9.17, 15) is 9.59 Å². The van der Waals surface area contributed by atoms with E-state index in [1.54, 1.807) is 12.1 Å². The van der Waals surface area contributed by atoms with E-state index in [1.165, 1.54) is 6.20 Å². The van der Waals surface area contributed by atoms with Gasteiger partial charge in [0.15, 0.2) is 5.69 Å². The molecule has 0 saturated heterocycles. The van der Waals surface area contributed by atoms with Gasteiger partial charge in [-0.2, -0.15) is 5.10 Å². The van der Waals surface area contributed by atoms with Crippen LogP contribution in [0.25, 0.3) is 0 Å². The van der Waals surface area contributed by atoms with Crippen LogP contribution in [0, 0.1) is 5.92 Å². The van der Waals surface area contributed by atoms with Crippen molar-refractivity contribution < 1.29 is 14.7 Å². The molecule has 0 unspecified atom stereocenters. The van der Waals surface area contributed by atoms with E-state index in [0.717, 1.165) is 12.8 Å². The maximum atomic E-state index is 11.8. The normalized spacial score (nSPS) is 23.3. The van der Waals surface area contributed by atoms with Gasteiger partial charge in [-0.15, -0.1) is 5.10 Å². The molecule has 1 aromatic heterocycles. The lowest BCUT2D eigenvalue weighted by atomic mass is 9.86. The molecule has 1 aliphatic carbocycles. The highest BCUT2D eigenvalue weighted by Crippen LogP contribution is 2.24. The molecule has 0 aliphatic heterocycles. The van der Waals surface area contributed by atoms with Gasteiger partial charge in [0.2, 0.25) is 0 Å². The molecule has 1 heterocycles. The van der Waals surface area contributed by atoms with E-state index in [0.29, 0.717) is 12.8 Å². The first-order valence-corrected chi connectivity index (χ1v) is 5.98. The SMILES string of the molecule is O=C(N[C@H]1CCC[C@@H](C(=O)O)C1)c1cccnn1. The number of aromatic nitrogens is 2. The lowest BCUT2D eigenvalue weighted by Gasteiger charge is -2.27. The van der Waals surface area contributed by atoms with Crippen LogP contribution in [0.15, 0.2) is 18.3 Å². The van der Waals surface area contributed by atoms with Crippen LogP contribution in [0.5, 0.6) is 0 Å². The van der Waals surface area contributed by atoms with Crippen molar-refractivity contribution in [2.45, 2.75) is 31.7 Å². The molecule has 1 saturated carbocycles. The van der Waals surface area contributed by atoms with E-state index in [-0.39, 0.29) is 23.6 Å². The van der Waals surface area contributed by atoms with Gasteiger partial charge < -0.3 is 10.4 Å². The molecule has 2 atom stereocenters. The van der Waals surface area contributed by atoms with Gasteiger partial charge in [0.1, 0.15) is 0 Å². The predicted octanol–water partition coefficient (Wildman–Crippen LogP) is 0.850. The van der Waals surface area contributed by atoms with Gasteiger partial charge in [0, 0.05) is 12.2 Å². The average Bonchev–Trinajstić information content (AvgIpc) is 2.40. The van der Waals surface area contributed by atoms with Crippen molar-refractivity contribution in [2.24, 2.45) is 5.92 Å². The van der Waals surface area contributed by atoms with Crippen molar-refractivity contribution in [1.82, 2.24) is 15.5 Å². The summed E-state index contributed by atoms with van der Waals surface area (Å²) in [6, 6.07) is 3.14. The van der Waals surface area contributed by atoms with Gasteiger partial charge in [-0.1, -0.05) is 6.42 Å². The molecule has 18 heavy (non-hydrogen) atoms. The summed E-state index contributed by atoms with van der Waals surface area (Å²) in [6.07, 6.45) is 4.31. The summed E-state index contributed by atoms with van der Waals surface area (Å²) < 4.78 is 0. The highest BCUT2D eigenvalue weighted by molar-refractivity contribution is 5.92. The first-order valence-electron chi connectivity index (χ1n) is 5.98. The van der Waals surface area contributed by atoms with E-state index in [2.05, 4.69) is 15.5 Å². The van der Waals surface area contributed by atoms with Crippen LogP contribution in [0.1, 0.15) is 36.2 Å². The van der Waals surface area contributed by atoms with Gasteiger partial charge in [0.05, 0.1) is 5.92 Å². The second-order valence-electron chi connectivity index (χ2n) is 4.48. The molecule has 1 aliphatic rings. The Morgan fingerprint density at radius 3 is 2.89 bits per heavy atom. The molecule has 1 aromatic rings. The number of hydrogen-bond donors (Lipinski definition) is 2. The monoisotopic (exact) mass is 249 g/mol. The van der Waals surface area contributed by atoms with E-state index in [1.807, 2.05) is 0 Å². The molecule has 0 bridgehead atoms. The molecule has 2 rings (SSSR count). The van der Waals surface area contributed by atoms with Crippen molar-refractivity contribution in [2.75, 3.05) is 0 Å². The number of carbonyl (C=O) groups is 2. The van der Waals surface area contributed by atoms with Crippen LogP contribution >= 0.6 is 0 Å². The lowest BCUT2D eigenvalue weighted by molar-refractivity contribution is -0.143. The van der Waals surface area contributed by atoms with E-state index >= 15 is 0 Å². The van der Waals surface area contributed by atoms with Crippen molar-refractivity contribution in [3.05, 3.63) is 24.0 Å². The smallest absolute Gasteiger partial charge is 0.306 e. The molecule has 1 fully saturated rings. The van der Waals surface area contributed by atoms with Crippen LogP contribution in [0.4, 0.5) is 0 Å². The third-order valence-corrected chi connectivity index (χ3v) is 3.16. The second-order valence-corrected chi connectivity index (χ2v) is 4.48. The number of carboxylic acid groups (broad SMARTS) is 1. The average molecular weight is 249 g/mol. The fraction of sp³-hybridized carbons (Fsp3) is 0.500. The Bertz CT molecular complexity index is 435. The third-order valence-electron chi connectivity index (χ3n) is 3.16. The maximum Gasteiger partial charge on any atom is 0.306 e. The van der Waals surface area contributed by atoms with Crippen LogP contribution in [0.2, 0.25) is 0 Å². The second kappa shape index (κ2) is 5.57. The van der Waals surface area contributed by atoms with Crippen molar-refractivity contribution in [1.29, 1.82) is 0 Å². The van der Waals surface area contributed by atoms with Gasteiger partial charge in [0.25, 0.3) is 5.91 Å². The standard InChI is InChI=1S/C12H15N3O3/c16-11(10-5-2-6-13-15-10)14-9-4-1-3-8(7-9)12(17)18/h2,5-6,8-9H,1,3-4,7H2,(H,14,16)(H,17,18)/t8-,9+/m1/s1. The van der Waals surface area contributed by atoms with Crippen molar-refractivity contribution in [3.8, 4) is 0 Å². The number of carbonyl (C=O) groups excluding carboxylic acids is 1. The molecule has 6 nitrogen and oxygen atoms in total. The Morgan fingerprint density at radius 1 is 1.39 bits per heavy atom. The van der Waals surface area contributed by atoms with E-state index < -0.39 is 5.97 Å². The molecule has 2 N–H and O–H groups in total.